The van der Waals surface area contributed by atoms with Crippen molar-refractivity contribution in [1.29, 1.82) is 0 Å². The summed E-state index contributed by atoms with van der Waals surface area (Å²) in [7, 11) is 0. The highest BCUT2D eigenvalue weighted by Crippen LogP contribution is 2.21. The molecule has 2 saturated heterocycles. The summed E-state index contributed by atoms with van der Waals surface area (Å²) in [5.41, 5.74) is 5.67. The van der Waals surface area contributed by atoms with Gasteiger partial charge in [0.05, 0.1) is 6.04 Å². The van der Waals surface area contributed by atoms with E-state index in [1.807, 2.05) is 6.92 Å². The second-order valence-electron chi connectivity index (χ2n) is 5.56. The molecule has 2 aliphatic heterocycles. The van der Waals surface area contributed by atoms with Gasteiger partial charge in [-0.3, -0.25) is 4.90 Å². The van der Waals surface area contributed by atoms with Crippen LogP contribution in [0.25, 0.3) is 0 Å². The molecule has 18 heavy (non-hydrogen) atoms. The zero-order chi connectivity index (χ0) is 13.0. The van der Waals surface area contributed by atoms with Crippen LogP contribution in [0, 0.1) is 0 Å². The van der Waals surface area contributed by atoms with E-state index in [1.165, 1.54) is 45.2 Å². The van der Waals surface area contributed by atoms with Crippen LogP contribution in [-0.4, -0.2) is 59.1 Å². The summed E-state index contributed by atoms with van der Waals surface area (Å²) in [6.45, 7) is 6.67. The Kier molecular flexibility index (Phi) is 4.83. The lowest BCUT2D eigenvalue weighted by Crippen LogP contribution is -2.51. The molecular weight excluding hydrogens is 228 g/mol. The molecule has 1 atom stereocenters. The predicted octanol–water partition coefficient (Wildman–Crippen LogP) is 1.07. The van der Waals surface area contributed by atoms with Crippen LogP contribution >= 0.6 is 0 Å². The number of piperidine rings is 2. The Labute approximate surface area is 110 Å². The van der Waals surface area contributed by atoms with Gasteiger partial charge in [-0.15, -0.1) is 0 Å². The van der Waals surface area contributed by atoms with Crippen LogP contribution in [0.2, 0.25) is 0 Å². The van der Waals surface area contributed by atoms with E-state index >= 15 is 0 Å². The van der Waals surface area contributed by atoms with Crippen molar-refractivity contribution >= 4 is 5.84 Å². The molecule has 3 N–H and O–H groups in total. The van der Waals surface area contributed by atoms with Gasteiger partial charge in [-0.1, -0.05) is 11.6 Å². The first kappa shape index (κ1) is 13.6. The number of hydrogen-bond donors (Lipinski definition) is 2. The van der Waals surface area contributed by atoms with Crippen LogP contribution in [0.5, 0.6) is 0 Å². The average Bonchev–Trinajstić information content (AvgIpc) is 2.47. The van der Waals surface area contributed by atoms with Crippen molar-refractivity contribution in [3.63, 3.8) is 0 Å². The minimum atomic E-state index is 0.0531. The minimum Gasteiger partial charge on any atom is -0.409 e. The fourth-order valence-electron chi connectivity index (χ4n) is 3.19. The maximum Gasteiger partial charge on any atom is 0.156 e. The third-order valence-corrected chi connectivity index (χ3v) is 4.50. The molecule has 0 aromatic rings. The molecule has 104 valence electrons. The van der Waals surface area contributed by atoms with Crippen molar-refractivity contribution in [3.05, 3.63) is 0 Å². The van der Waals surface area contributed by atoms with Gasteiger partial charge in [-0.2, -0.15) is 0 Å². The number of oxime groups is 1. The molecular formula is C13H26N4O. The van der Waals surface area contributed by atoms with E-state index in [1.54, 1.807) is 0 Å². The summed E-state index contributed by atoms with van der Waals surface area (Å²) in [6.07, 6.45) is 6.55. The molecule has 0 bridgehead atoms. The zero-order valence-corrected chi connectivity index (χ0v) is 11.4. The summed E-state index contributed by atoms with van der Waals surface area (Å²) >= 11 is 0. The van der Waals surface area contributed by atoms with E-state index in [4.69, 9.17) is 10.9 Å². The molecule has 0 aromatic carbocycles. The summed E-state index contributed by atoms with van der Waals surface area (Å²) in [5.74, 6) is 0.325. The maximum atomic E-state index is 8.72. The quantitative estimate of drug-likeness (QED) is 0.342. The first-order chi connectivity index (χ1) is 8.72. The topological polar surface area (TPSA) is 65.1 Å². The molecule has 2 heterocycles. The summed E-state index contributed by atoms with van der Waals surface area (Å²) in [5, 5.41) is 11.8. The van der Waals surface area contributed by atoms with Gasteiger partial charge in [0, 0.05) is 19.1 Å². The SMILES string of the molecule is CC(C(N)=NO)N1CCC(N2CCCCC2)CC1. The first-order valence-electron chi connectivity index (χ1n) is 7.18. The Hall–Kier alpha value is -0.810. The van der Waals surface area contributed by atoms with Crippen molar-refractivity contribution in [3.8, 4) is 0 Å². The van der Waals surface area contributed by atoms with Gasteiger partial charge in [-0.05, 0) is 45.7 Å². The van der Waals surface area contributed by atoms with Crippen molar-refractivity contribution in [2.75, 3.05) is 26.2 Å². The van der Waals surface area contributed by atoms with E-state index < -0.39 is 0 Å². The highest BCUT2D eigenvalue weighted by atomic mass is 16.4. The summed E-state index contributed by atoms with van der Waals surface area (Å²) in [4.78, 5) is 4.98. The van der Waals surface area contributed by atoms with E-state index in [9.17, 15) is 0 Å². The Morgan fingerprint density at radius 1 is 1.17 bits per heavy atom. The third kappa shape index (κ3) is 3.14. The number of nitrogens with two attached hydrogens (primary N) is 1. The van der Waals surface area contributed by atoms with Crippen molar-refractivity contribution in [2.24, 2.45) is 10.9 Å². The Balaban J connectivity index is 1.80. The summed E-state index contributed by atoms with van der Waals surface area (Å²) in [6, 6.07) is 0.804. The van der Waals surface area contributed by atoms with Crippen LogP contribution in [0.3, 0.4) is 0 Å². The van der Waals surface area contributed by atoms with Crippen LogP contribution in [-0.2, 0) is 0 Å². The van der Waals surface area contributed by atoms with E-state index in [2.05, 4.69) is 15.0 Å². The molecule has 1 unspecified atom stereocenters. The second-order valence-corrected chi connectivity index (χ2v) is 5.56. The molecule has 5 nitrogen and oxygen atoms in total. The number of rotatable bonds is 3. The second kappa shape index (κ2) is 6.38. The third-order valence-electron chi connectivity index (χ3n) is 4.50. The van der Waals surface area contributed by atoms with Gasteiger partial charge in [0.2, 0.25) is 0 Å². The van der Waals surface area contributed by atoms with Crippen molar-refractivity contribution in [2.45, 2.75) is 51.1 Å². The largest absolute Gasteiger partial charge is 0.409 e. The van der Waals surface area contributed by atoms with Gasteiger partial charge in [0.1, 0.15) is 0 Å². The Bertz CT molecular complexity index is 281. The molecule has 0 radical (unpaired) electrons. The smallest absolute Gasteiger partial charge is 0.156 e. The molecule has 2 fully saturated rings. The lowest BCUT2D eigenvalue weighted by atomic mass is 9.99. The fourth-order valence-corrected chi connectivity index (χ4v) is 3.19. The highest BCUT2D eigenvalue weighted by Gasteiger charge is 2.28. The van der Waals surface area contributed by atoms with Crippen LogP contribution < -0.4 is 5.73 Å². The van der Waals surface area contributed by atoms with E-state index in [0.717, 1.165) is 19.1 Å². The van der Waals surface area contributed by atoms with Gasteiger partial charge < -0.3 is 15.8 Å². The van der Waals surface area contributed by atoms with Crippen LogP contribution in [0.1, 0.15) is 39.0 Å². The number of nitrogens with zero attached hydrogens (tertiary/aromatic N) is 3. The number of likely N-dealkylation sites (tertiary alicyclic amines) is 2. The van der Waals surface area contributed by atoms with Crippen LogP contribution in [0.15, 0.2) is 5.16 Å². The molecule has 0 aliphatic carbocycles. The van der Waals surface area contributed by atoms with Crippen molar-refractivity contribution < 1.29 is 5.21 Å². The van der Waals surface area contributed by atoms with Gasteiger partial charge in [0.15, 0.2) is 5.84 Å². The van der Waals surface area contributed by atoms with Crippen molar-refractivity contribution in [1.82, 2.24) is 9.80 Å². The predicted molar refractivity (Wildman–Crippen MR) is 72.9 cm³/mol. The van der Waals surface area contributed by atoms with Gasteiger partial charge in [-0.25, -0.2) is 0 Å². The first-order valence-corrected chi connectivity index (χ1v) is 7.18. The summed E-state index contributed by atoms with van der Waals surface area (Å²) < 4.78 is 0. The van der Waals surface area contributed by atoms with E-state index in [-0.39, 0.29) is 6.04 Å². The average molecular weight is 254 g/mol. The number of hydrogen-bond acceptors (Lipinski definition) is 4. The molecule has 0 saturated carbocycles. The maximum absolute atomic E-state index is 8.72. The van der Waals surface area contributed by atoms with Gasteiger partial charge in [0.25, 0.3) is 0 Å². The molecule has 0 spiro atoms. The standard InChI is InChI=1S/C13H26N4O/c1-11(13(14)15-18)16-9-5-12(6-10-16)17-7-3-2-4-8-17/h11-12,18H,2-10H2,1H3,(H2,14,15). The van der Waals surface area contributed by atoms with Crippen LogP contribution in [0.4, 0.5) is 0 Å². The molecule has 2 aliphatic rings. The van der Waals surface area contributed by atoms with E-state index in [0.29, 0.717) is 5.84 Å². The molecule has 2 rings (SSSR count). The zero-order valence-electron chi connectivity index (χ0n) is 11.4. The normalized spacial score (nSPS) is 27.3. The Morgan fingerprint density at radius 2 is 1.78 bits per heavy atom. The Morgan fingerprint density at radius 3 is 2.33 bits per heavy atom. The highest BCUT2D eigenvalue weighted by molar-refractivity contribution is 5.84. The monoisotopic (exact) mass is 254 g/mol. The number of amidine groups is 1. The molecule has 5 heteroatoms. The van der Waals surface area contributed by atoms with Gasteiger partial charge >= 0.3 is 0 Å². The minimum absolute atomic E-state index is 0.0531. The molecule has 0 aromatic heterocycles. The lowest BCUT2D eigenvalue weighted by Gasteiger charge is -2.41. The fraction of sp³-hybridized carbons (Fsp3) is 0.923. The molecule has 0 amide bonds. The lowest BCUT2D eigenvalue weighted by molar-refractivity contribution is 0.0866.